The highest BCUT2D eigenvalue weighted by atomic mass is 16.6. The lowest BCUT2D eigenvalue weighted by Crippen LogP contribution is -2.65. The minimum Gasteiger partial charge on any atom is -0.457 e. The number of carbonyl (C=O) groups excluding carboxylic acids is 3. The van der Waals surface area contributed by atoms with Gasteiger partial charge < -0.3 is 34.6 Å². The third-order valence-corrected chi connectivity index (χ3v) is 8.60. The number of rotatable bonds is 8. The lowest BCUT2D eigenvalue weighted by Gasteiger charge is -2.54. The molecular weight excluding hydrogens is 520 g/mol. The van der Waals surface area contributed by atoms with E-state index in [2.05, 4.69) is 6.92 Å². The molecule has 3 rings (SSSR count). The van der Waals surface area contributed by atoms with Crippen LogP contribution in [0.1, 0.15) is 80.1 Å². The van der Waals surface area contributed by atoms with Crippen LogP contribution < -0.4 is 0 Å². The van der Waals surface area contributed by atoms with Crippen molar-refractivity contribution in [3.63, 3.8) is 0 Å². The van der Waals surface area contributed by atoms with E-state index in [9.17, 15) is 34.8 Å². The van der Waals surface area contributed by atoms with Crippen LogP contribution in [0.15, 0.2) is 34.9 Å². The van der Waals surface area contributed by atoms with Crippen LogP contribution in [-0.2, 0) is 28.6 Å². The SMILES string of the molecule is CCCCCCCC(=O)O[C@H]1/C(C)=C\[C@@H]2OC(=O)C(C)=C2[C@H](OC(C)=O)[C@H]2[C@](C)(O)[C@H](O)C=C[C@]2(C)[C@@H](O)[C@@H]1O. The van der Waals surface area contributed by atoms with Crippen molar-refractivity contribution in [1.82, 2.24) is 0 Å². The number of hydrogen-bond donors (Lipinski definition) is 4. The van der Waals surface area contributed by atoms with E-state index in [1.165, 1.54) is 39.0 Å². The lowest BCUT2D eigenvalue weighted by atomic mass is 9.56. The van der Waals surface area contributed by atoms with E-state index in [1.807, 2.05) is 0 Å². The molecule has 0 unspecified atom stereocenters. The Balaban J connectivity index is 2.14. The van der Waals surface area contributed by atoms with Crippen molar-refractivity contribution in [2.45, 2.75) is 122 Å². The van der Waals surface area contributed by atoms with Gasteiger partial charge in [-0.2, -0.15) is 0 Å². The molecule has 0 aromatic carbocycles. The first-order valence-electron chi connectivity index (χ1n) is 14.1. The number of hydrogen-bond acceptors (Lipinski definition) is 10. The smallest absolute Gasteiger partial charge is 0.334 e. The highest BCUT2D eigenvalue weighted by molar-refractivity contribution is 5.92. The number of ether oxygens (including phenoxy) is 3. The zero-order chi connectivity index (χ0) is 30.0. The summed E-state index contributed by atoms with van der Waals surface area (Å²) >= 11 is 0. The number of esters is 3. The molecule has 10 heteroatoms. The minimum absolute atomic E-state index is 0.133. The largest absolute Gasteiger partial charge is 0.457 e. The standard InChI is InChI=1S/C30H44O10/c1-7-8-9-10-11-12-21(33)40-24-16(2)15-19-22(17(3)28(36)39-19)25(38-18(4)31)26-29(5,27(35)23(24)34)14-13-20(32)30(26,6)37/h13-15,19-20,23-27,32,34-35,37H,7-12H2,1-6H3/b16-15-/t19-,20+,23+,24-,25-,26+,27-,29-,30+/m0/s1. The number of aliphatic hydroxyl groups excluding tert-OH is 3. The molecule has 0 aromatic heterocycles. The average molecular weight is 565 g/mol. The summed E-state index contributed by atoms with van der Waals surface area (Å²) in [5.41, 5.74) is -2.81. The van der Waals surface area contributed by atoms with E-state index in [1.54, 1.807) is 13.8 Å². The minimum atomic E-state index is -1.99. The fraction of sp³-hybridized carbons (Fsp3) is 0.700. The van der Waals surface area contributed by atoms with Crippen molar-refractivity contribution in [3.05, 3.63) is 34.9 Å². The van der Waals surface area contributed by atoms with Gasteiger partial charge in [-0.15, -0.1) is 0 Å². The van der Waals surface area contributed by atoms with Crippen LogP contribution in [-0.4, -0.2) is 80.6 Å². The van der Waals surface area contributed by atoms with Gasteiger partial charge >= 0.3 is 17.9 Å². The molecule has 0 spiro atoms. The van der Waals surface area contributed by atoms with Crippen LogP contribution in [0.25, 0.3) is 0 Å². The molecule has 3 aliphatic rings. The van der Waals surface area contributed by atoms with E-state index in [4.69, 9.17) is 14.2 Å². The summed E-state index contributed by atoms with van der Waals surface area (Å²) in [6.07, 6.45) is 0.546. The Hall–Kier alpha value is -2.53. The second kappa shape index (κ2) is 12.5. The molecule has 0 saturated carbocycles. The second-order valence-electron chi connectivity index (χ2n) is 11.7. The van der Waals surface area contributed by atoms with Gasteiger partial charge in [0, 0.05) is 35.8 Å². The topological polar surface area (TPSA) is 160 Å². The van der Waals surface area contributed by atoms with Gasteiger partial charge in [-0.25, -0.2) is 4.79 Å². The Morgan fingerprint density at radius 1 is 1.02 bits per heavy atom. The number of fused-ring (bicyclic) bond motifs is 2. The molecule has 224 valence electrons. The fourth-order valence-corrected chi connectivity index (χ4v) is 6.29. The summed E-state index contributed by atoms with van der Waals surface area (Å²) in [6.45, 7) is 9.26. The maximum atomic E-state index is 12.8. The zero-order valence-electron chi connectivity index (χ0n) is 24.3. The molecule has 40 heavy (non-hydrogen) atoms. The molecular formula is C30H44O10. The average Bonchev–Trinajstić information content (AvgIpc) is 3.14. The van der Waals surface area contributed by atoms with Crippen LogP contribution in [0.4, 0.5) is 0 Å². The molecule has 0 aromatic rings. The van der Waals surface area contributed by atoms with Gasteiger partial charge in [0.05, 0.1) is 11.7 Å². The third-order valence-electron chi connectivity index (χ3n) is 8.60. The van der Waals surface area contributed by atoms with E-state index in [-0.39, 0.29) is 17.6 Å². The van der Waals surface area contributed by atoms with Crippen LogP contribution in [0.2, 0.25) is 0 Å². The van der Waals surface area contributed by atoms with Crippen molar-refractivity contribution < 1.29 is 49.0 Å². The molecule has 1 heterocycles. The summed E-state index contributed by atoms with van der Waals surface area (Å²) in [5, 5.41) is 45.6. The molecule has 4 N–H and O–H groups in total. The molecule has 0 bridgehead atoms. The molecule has 0 amide bonds. The first-order chi connectivity index (χ1) is 18.7. The van der Waals surface area contributed by atoms with E-state index in [0.29, 0.717) is 12.0 Å². The Labute approximate surface area is 235 Å². The van der Waals surface area contributed by atoms with Gasteiger partial charge in [0.25, 0.3) is 0 Å². The maximum absolute atomic E-state index is 12.8. The van der Waals surface area contributed by atoms with E-state index < -0.39 is 71.5 Å². The highest BCUT2D eigenvalue weighted by Crippen LogP contribution is 2.52. The van der Waals surface area contributed by atoms with Crippen molar-refractivity contribution in [1.29, 1.82) is 0 Å². The van der Waals surface area contributed by atoms with Crippen molar-refractivity contribution in [3.8, 4) is 0 Å². The van der Waals surface area contributed by atoms with Crippen LogP contribution in [0.5, 0.6) is 0 Å². The highest BCUT2D eigenvalue weighted by Gasteiger charge is 2.61. The van der Waals surface area contributed by atoms with Gasteiger partial charge in [0.2, 0.25) is 0 Å². The predicted molar refractivity (Wildman–Crippen MR) is 145 cm³/mol. The molecule has 0 saturated heterocycles. The van der Waals surface area contributed by atoms with Gasteiger partial charge in [-0.1, -0.05) is 51.7 Å². The van der Waals surface area contributed by atoms with Gasteiger partial charge in [-0.3, -0.25) is 9.59 Å². The van der Waals surface area contributed by atoms with Gasteiger partial charge in [0.15, 0.2) is 6.10 Å². The first kappa shape index (κ1) is 32.0. The number of unbranched alkanes of at least 4 members (excludes halogenated alkanes) is 4. The molecule has 9 atom stereocenters. The fourth-order valence-electron chi connectivity index (χ4n) is 6.29. The van der Waals surface area contributed by atoms with Crippen molar-refractivity contribution in [2.75, 3.05) is 0 Å². The summed E-state index contributed by atoms with van der Waals surface area (Å²) < 4.78 is 17.0. The van der Waals surface area contributed by atoms with E-state index >= 15 is 0 Å². The monoisotopic (exact) mass is 564 g/mol. The van der Waals surface area contributed by atoms with Crippen LogP contribution in [0.3, 0.4) is 0 Å². The van der Waals surface area contributed by atoms with Crippen molar-refractivity contribution in [2.24, 2.45) is 11.3 Å². The number of aliphatic hydroxyl groups is 4. The lowest BCUT2D eigenvalue weighted by molar-refractivity contribution is -0.202. The summed E-state index contributed by atoms with van der Waals surface area (Å²) in [5.74, 6) is -3.19. The molecule has 10 nitrogen and oxygen atoms in total. The summed E-state index contributed by atoms with van der Waals surface area (Å²) in [4.78, 5) is 37.9. The normalized spacial score (nSPS) is 39.0. The maximum Gasteiger partial charge on any atom is 0.334 e. The predicted octanol–water partition coefficient (Wildman–Crippen LogP) is 2.42. The molecule has 0 fully saturated rings. The Morgan fingerprint density at radius 3 is 2.30 bits per heavy atom. The second-order valence-corrected chi connectivity index (χ2v) is 11.7. The third kappa shape index (κ3) is 6.20. The van der Waals surface area contributed by atoms with E-state index in [0.717, 1.165) is 25.7 Å². The molecule has 1 aliphatic heterocycles. The Bertz CT molecular complexity index is 1070. The van der Waals surface area contributed by atoms with Crippen LogP contribution >= 0.6 is 0 Å². The summed E-state index contributed by atoms with van der Waals surface area (Å²) in [7, 11) is 0. The van der Waals surface area contributed by atoms with Crippen molar-refractivity contribution >= 4 is 17.9 Å². The summed E-state index contributed by atoms with van der Waals surface area (Å²) in [6, 6.07) is 0. The number of carbonyl (C=O) groups is 3. The van der Waals surface area contributed by atoms with Gasteiger partial charge in [-0.05, 0) is 38.8 Å². The van der Waals surface area contributed by atoms with Gasteiger partial charge in [0.1, 0.15) is 24.4 Å². The zero-order valence-corrected chi connectivity index (χ0v) is 24.3. The van der Waals surface area contributed by atoms with Crippen LogP contribution in [0, 0.1) is 11.3 Å². The molecule has 2 aliphatic carbocycles. The Morgan fingerprint density at radius 2 is 1.68 bits per heavy atom. The quantitative estimate of drug-likeness (QED) is 0.149. The first-order valence-corrected chi connectivity index (χ1v) is 14.1. The molecule has 0 radical (unpaired) electrons. The Kier molecular flexibility index (Phi) is 10.0.